The number of alkyl halides is 3. The molecule has 0 unspecified atom stereocenters. The van der Waals surface area contributed by atoms with Gasteiger partial charge >= 0.3 is 6.18 Å². The average Bonchev–Trinajstić information content (AvgIpc) is 2.36. The highest BCUT2D eigenvalue weighted by Crippen LogP contribution is 2.21. The molecule has 1 aromatic rings. The van der Waals surface area contributed by atoms with Crippen LogP contribution in [0.15, 0.2) is 24.3 Å². The van der Waals surface area contributed by atoms with Gasteiger partial charge in [-0.25, -0.2) is 0 Å². The molecule has 0 aromatic heterocycles. The number of para-hydroxylation sites is 1. The summed E-state index contributed by atoms with van der Waals surface area (Å²) in [6.07, 6.45) is 0.320. The minimum absolute atomic E-state index is 0.0663. The van der Waals surface area contributed by atoms with Crippen LogP contribution < -0.4 is 10.1 Å². The molecule has 2 nitrogen and oxygen atoms in total. The highest BCUT2D eigenvalue weighted by atomic mass is 19.4. The Morgan fingerprint density at radius 1 is 1.26 bits per heavy atom. The van der Waals surface area contributed by atoms with Gasteiger partial charge in [-0.15, -0.1) is 6.42 Å². The Bertz CT molecular complexity index is 423. The van der Waals surface area contributed by atoms with E-state index in [-0.39, 0.29) is 13.0 Å². The maximum Gasteiger partial charge on any atom is 0.389 e. The molecule has 0 radical (unpaired) electrons. The summed E-state index contributed by atoms with van der Waals surface area (Å²) >= 11 is 0. The smallest absolute Gasteiger partial charge is 0.389 e. The minimum Gasteiger partial charge on any atom is -0.481 e. The first kappa shape index (κ1) is 15.4. The molecule has 0 atom stereocenters. The van der Waals surface area contributed by atoms with E-state index in [4.69, 9.17) is 11.2 Å². The van der Waals surface area contributed by atoms with Crippen molar-refractivity contribution in [1.82, 2.24) is 5.32 Å². The summed E-state index contributed by atoms with van der Waals surface area (Å²) in [4.78, 5) is 0. The number of nitrogens with one attached hydrogen (secondary N) is 1. The number of benzene rings is 1. The van der Waals surface area contributed by atoms with Crippen molar-refractivity contribution in [3.8, 4) is 18.1 Å². The Labute approximate surface area is 111 Å². The molecule has 5 heteroatoms. The Morgan fingerprint density at radius 2 is 2.00 bits per heavy atom. The van der Waals surface area contributed by atoms with Gasteiger partial charge in [-0.2, -0.15) is 13.2 Å². The molecule has 0 heterocycles. The lowest BCUT2D eigenvalue weighted by atomic mass is 10.2. The highest BCUT2D eigenvalue weighted by Gasteiger charge is 2.25. The summed E-state index contributed by atoms with van der Waals surface area (Å²) in [5.74, 6) is 3.03. The molecule has 0 aliphatic heterocycles. The second-order valence-corrected chi connectivity index (χ2v) is 4.00. The van der Waals surface area contributed by atoms with Crippen molar-refractivity contribution < 1.29 is 17.9 Å². The Hall–Kier alpha value is -1.67. The molecule has 104 valence electrons. The van der Waals surface area contributed by atoms with Gasteiger partial charge in [0.2, 0.25) is 0 Å². The molecule has 1 rings (SSSR count). The van der Waals surface area contributed by atoms with Crippen LogP contribution in [0, 0.1) is 12.3 Å². The van der Waals surface area contributed by atoms with Gasteiger partial charge in [0.05, 0.1) is 0 Å². The van der Waals surface area contributed by atoms with Gasteiger partial charge in [0.15, 0.2) is 0 Å². The normalized spacial score (nSPS) is 11.1. The summed E-state index contributed by atoms with van der Waals surface area (Å²) in [5, 5.41) is 2.96. The molecule has 0 saturated carbocycles. The van der Waals surface area contributed by atoms with Crippen LogP contribution in [0.2, 0.25) is 0 Å². The summed E-state index contributed by atoms with van der Waals surface area (Å²) in [5.41, 5.74) is 0.879. The van der Waals surface area contributed by atoms with Crippen LogP contribution >= 0.6 is 0 Å². The number of ether oxygens (including phenoxy) is 1. The second-order valence-electron chi connectivity index (χ2n) is 4.00. The van der Waals surface area contributed by atoms with Crippen molar-refractivity contribution in [2.45, 2.75) is 25.6 Å². The van der Waals surface area contributed by atoms with Crippen molar-refractivity contribution in [3.63, 3.8) is 0 Å². The summed E-state index contributed by atoms with van der Waals surface area (Å²) < 4.78 is 41.2. The minimum atomic E-state index is -4.09. The fourth-order valence-corrected chi connectivity index (χ4v) is 1.55. The van der Waals surface area contributed by atoms with E-state index in [2.05, 4.69) is 11.2 Å². The first-order valence-electron chi connectivity index (χ1n) is 5.94. The lowest BCUT2D eigenvalue weighted by Gasteiger charge is -2.11. The van der Waals surface area contributed by atoms with Crippen molar-refractivity contribution in [2.75, 3.05) is 13.2 Å². The van der Waals surface area contributed by atoms with Gasteiger partial charge in [0, 0.05) is 18.5 Å². The van der Waals surface area contributed by atoms with Crippen molar-refractivity contribution in [1.29, 1.82) is 0 Å². The van der Waals surface area contributed by atoms with E-state index in [1.54, 1.807) is 6.07 Å². The molecule has 0 bridgehead atoms. The highest BCUT2D eigenvalue weighted by molar-refractivity contribution is 5.33. The van der Waals surface area contributed by atoms with Crippen molar-refractivity contribution in [2.24, 2.45) is 0 Å². The van der Waals surface area contributed by atoms with E-state index in [1.807, 2.05) is 18.2 Å². The van der Waals surface area contributed by atoms with E-state index < -0.39 is 12.6 Å². The van der Waals surface area contributed by atoms with Crippen LogP contribution in [0.5, 0.6) is 5.75 Å². The molecule has 0 spiro atoms. The molecule has 0 amide bonds. The molecule has 19 heavy (non-hydrogen) atoms. The van der Waals surface area contributed by atoms with E-state index >= 15 is 0 Å². The molecule has 0 saturated heterocycles. The summed E-state index contributed by atoms with van der Waals surface area (Å²) in [6, 6.07) is 7.29. The maximum atomic E-state index is 11.9. The van der Waals surface area contributed by atoms with Gasteiger partial charge < -0.3 is 10.1 Å². The predicted molar refractivity (Wildman–Crippen MR) is 67.8 cm³/mol. The van der Waals surface area contributed by atoms with Crippen LogP contribution in [0.3, 0.4) is 0 Å². The topological polar surface area (TPSA) is 21.3 Å². The van der Waals surface area contributed by atoms with Gasteiger partial charge in [-0.3, -0.25) is 0 Å². The average molecular weight is 271 g/mol. The van der Waals surface area contributed by atoms with E-state index in [0.29, 0.717) is 18.8 Å². The zero-order valence-corrected chi connectivity index (χ0v) is 10.5. The van der Waals surface area contributed by atoms with Crippen LogP contribution in [-0.4, -0.2) is 19.3 Å². The third-order valence-electron chi connectivity index (χ3n) is 2.41. The number of terminal acetylenes is 1. The number of halogens is 3. The van der Waals surface area contributed by atoms with Gasteiger partial charge in [0.25, 0.3) is 0 Å². The molecule has 1 N–H and O–H groups in total. The van der Waals surface area contributed by atoms with E-state index in [1.165, 1.54) is 0 Å². The number of hydrogen-bond acceptors (Lipinski definition) is 2. The molecular weight excluding hydrogens is 255 g/mol. The zero-order chi connectivity index (χ0) is 14.1. The van der Waals surface area contributed by atoms with E-state index in [9.17, 15) is 13.2 Å². The summed E-state index contributed by atoms with van der Waals surface area (Å²) in [6.45, 7) is 0.937. The summed E-state index contributed by atoms with van der Waals surface area (Å²) in [7, 11) is 0. The molecule has 0 aliphatic carbocycles. The Kier molecular flexibility index (Phi) is 6.23. The fraction of sp³-hybridized carbons (Fsp3) is 0.429. The van der Waals surface area contributed by atoms with Crippen molar-refractivity contribution >= 4 is 0 Å². The SMILES string of the molecule is C#CCOc1ccccc1CNCCCC(F)(F)F. The van der Waals surface area contributed by atoms with Crippen LogP contribution in [-0.2, 0) is 6.54 Å². The third kappa shape index (κ3) is 6.73. The largest absolute Gasteiger partial charge is 0.481 e. The maximum absolute atomic E-state index is 11.9. The van der Waals surface area contributed by atoms with Crippen molar-refractivity contribution in [3.05, 3.63) is 29.8 Å². The standard InChI is InChI=1S/C14H16F3NO/c1-2-10-19-13-7-4-3-6-12(13)11-18-9-5-8-14(15,16)17/h1,3-4,6-7,18H,5,8-11H2. The first-order chi connectivity index (χ1) is 9.03. The lowest BCUT2D eigenvalue weighted by Crippen LogP contribution is -2.18. The molecule has 0 fully saturated rings. The molecule has 1 aromatic carbocycles. The van der Waals surface area contributed by atoms with Crippen LogP contribution in [0.25, 0.3) is 0 Å². The Morgan fingerprint density at radius 3 is 2.68 bits per heavy atom. The monoisotopic (exact) mass is 271 g/mol. The first-order valence-corrected chi connectivity index (χ1v) is 5.94. The third-order valence-corrected chi connectivity index (χ3v) is 2.41. The quantitative estimate of drug-likeness (QED) is 0.607. The van der Waals surface area contributed by atoms with Gasteiger partial charge in [-0.1, -0.05) is 24.1 Å². The van der Waals surface area contributed by atoms with Crippen LogP contribution in [0.1, 0.15) is 18.4 Å². The van der Waals surface area contributed by atoms with E-state index in [0.717, 1.165) is 5.56 Å². The lowest BCUT2D eigenvalue weighted by molar-refractivity contribution is -0.135. The predicted octanol–water partition coefficient (Wildman–Crippen LogP) is 3.13. The number of rotatable bonds is 7. The van der Waals surface area contributed by atoms with Gasteiger partial charge in [0.1, 0.15) is 12.4 Å². The molecular formula is C14H16F3NO. The Balaban J connectivity index is 2.35. The molecule has 0 aliphatic rings. The fourth-order valence-electron chi connectivity index (χ4n) is 1.55. The van der Waals surface area contributed by atoms with Gasteiger partial charge in [-0.05, 0) is 19.0 Å². The second kappa shape index (κ2) is 7.70. The number of hydrogen-bond donors (Lipinski definition) is 1. The van der Waals surface area contributed by atoms with Crippen LogP contribution in [0.4, 0.5) is 13.2 Å². The zero-order valence-electron chi connectivity index (χ0n) is 10.5.